The van der Waals surface area contributed by atoms with Crippen molar-refractivity contribution in [3.63, 3.8) is 0 Å². The molecule has 72 valence electrons. The van der Waals surface area contributed by atoms with Gasteiger partial charge in [-0.3, -0.25) is 4.21 Å². The number of halogens is 1. The van der Waals surface area contributed by atoms with Gasteiger partial charge in [-0.25, -0.2) is 8.42 Å². The van der Waals surface area contributed by atoms with E-state index in [2.05, 4.69) is 0 Å². The van der Waals surface area contributed by atoms with Crippen LogP contribution in [-0.2, 0) is 19.0 Å². The predicted octanol–water partition coefficient (Wildman–Crippen LogP) is 0.908. The summed E-state index contributed by atoms with van der Waals surface area (Å²) in [6.45, 7) is 0. The monoisotopic (exact) mass is 239 g/mol. The van der Waals surface area contributed by atoms with Gasteiger partial charge in [-0.1, -0.05) is 23.7 Å². The molecule has 0 heterocycles. The van der Waals surface area contributed by atoms with E-state index in [-0.39, 0.29) is 5.02 Å². The van der Waals surface area contributed by atoms with Crippen molar-refractivity contribution in [1.82, 2.24) is 0 Å². The van der Waals surface area contributed by atoms with Gasteiger partial charge in [0.1, 0.15) is 0 Å². The lowest BCUT2D eigenvalue weighted by atomic mass is 10.4. The summed E-state index contributed by atoms with van der Waals surface area (Å²) in [5.74, 6) is 0. The molecule has 0 spiro atoms. The molecule has 0 aromatic heterocycles. The lowest BCUT2D eigenvalue weighted by Gasteiger charge is -2.07. The van der Waals surface area contributed by atoms with E-state index < -0.39 is 23.9 Å². The molecule has 1 aromatic carbocycles. The maximum atomic E-state index is 11.1. The molecule has 0 fully saturated rings. The van der Waals surface area contributed by atoms with Crippen LogP contribution in [0.1, 0.15) is 0 Å². The minimum Gasteiger partial charge on any atom is -0.760 e. The fraction of sp³-hybridized carbons (Fsp3) is 0. The molecule has 1 aromatic rings. The van der Waals surface area contributed by atoms with E-state index >= 15 is 0 Å². The molecule has 0 amide bonds. The third-order valence-electron chi connectivity index (χ3n) is 1.29. The topological polar surface area (TPSA) is 74.3 Å². The van der Waals surface area contributed by atoms with Gasteiger partial charge in [-0.2, -0.15) is 0 Å². The second kappa shape index (κ2) is 3.75. The van der Waals surface area contributed by atoms with Crippen molar-refractivity contribution in [2.75, 3.05) is 0 Å². The van der Waals surface area contributed by atoms with E-state index in [9.17, 15) is 17.2 Å². The Morgan fingerprint density at radius 1 is 1.31 bits per heavy atom. The maximum absolute atomic E-state index is 11.1. The summed E-state index contributed by atoms with van der Waals surface area (Å²) in [7, 11) is -7.52. The Bertz CT molecular complexity index is 440. The van der Waals surface area contributed by atoms with Crippen LogP contribution < -0.4 is 0 Å². The highest BCUT2D eigenvalue weighted by Crippen LogP contribution is 2.22. The van der Waals surface area contributed by atoms with Crippen molar-refractivity contribution in [3.8, 4) is 0 Å². The fourth-order valence-electron chi connectivity index (χ4n) is 0.721. The average molecular weight is 240 g/mol. The molecular formula is C6H4ClO4S2-. The Labute approximate surface area is 82.1 Å². The zero-order valence-electron chi connectivity index (χ0n) is 6.14. The van der Waals surface area contributed by atoms with E-state index in [1.54, 1.807) is 0 Å². The maximum Gasteiger partial charge on any atom is 0.246 e. The molecule has 0 saturated carbocycles. The van der Waals surface area contributed by atoms with Crippen LogP contribution in [0.5, 0.6) is 0 Å². The molecule has 4 nitrogen and oxygen atoms in total. The quantitative estimate of drug-likeness (QED) is 0.568. The standard InChI is InChI=1S/C6H5ClO4S2/c7-5-3-1-2-4-6(5)13(10,11)12(8)9/h1-4H,(H,8,9)/p-1. The lowest BCUT2D eigenvalue weighted by molar-refractivity contribution is 0.540. The van der Waals surface area contributed by atoms with Gasteiger partial charge in [0, 0.05) is 0 Å². The summed E-state index contributed by atoms with van der Waals surface area (Å²) in [5, 5.41) is -0.105. The van der Waals surface area contributed by atoms with Gasteiger partial charge < -0.3 is 4.55 Å². The van der Waals surface area contributed by atoms with E-state index in [1.807, 2.05) is 0 Å². The summed E-state index contributed by atoms with van der Waals surface area (Å²) in [6.07, 6.45) is 0. The number of benzene rings is 1. The number of rotatable bonds is 2. The molecule has 0 aliphatic carbocycles. The Morgan fingerprint density at radius 3 is 2.31 bits per heavy atom. The second-order valence-corrected chi connectivity index (χ2v) is 6.39. The Balaban J connectivity index is 3.40. The first-order valence-electron chi connectivity index (χ1n) is 3.05. The Hall–Kier alpha value is -0.430. The van der Waals surface area contributed by atoms with E-state index in [4.69, 9.17) is 11.6 Å². The normalized spacial score (nSPS) is 14.0. The largest absolute Gasteiger partial charge is 0.760 e. The lowest BCUT2D eigenvalue weighted by Crippen LogP contribution is -2.08. The van der Waals surface area contributed by atoms with E-state index in [0.717, 1.165) is 6.07 Å². The van der Waals surface area contributed by atoms with Crippen molar-refractivity contribution >= 4 is 30.6 Å². The summed E-state index contributed by atoms with van der Waals surface area (Å²) in [6, 6.07) is 5.34. The zero-order chi connectivity index (χ0) is 10.1. The average Bonchev–Trinajstić information content (AvgIpc) is 2.04. The first-order valence-corrected chi connectivity index (χ1v) is 6.51. The molecule has 1 atom stereocenters. The van der Waals surface area contributed by atoms with Crippen LogP contribution in [0.4, 0.5) is 0 Å². The summed E-state index contributed by atoms with van der Waals surface area (Å²) in [4.78, 5) is -0.398. The van der Waals surface area contributed by atoms with Crippen LogP contribution in [0, 0.1) is 0 Å². The van der Waals surface area contributed by atoms with Crippen molar-refractivity contribution in [2.24, 2.45) is 0 Å². The van der Waals surface area contributed by atoms with Gasteiger partial charge in [-0.05, 0) is 12.1 Å². The molecule has 0 saturated heterocycles. The molecule has 0 aliphatic rings. The highest BCUT2D eigenvalue weighted by atomic mass is 35.5. The molecular weight excluding hydrogens is 236 g/mol. The van der Waals surface area contributed by atoms with Crippen LogP contribution in [0.15, 0.2) is 29.2 Å². The molecule has 13 heavy (non-hydrogen) atoms. The highest BCUT2D eigenvalue weighted by molar-refractivity contribution is 8.62. The van der Waals surface area contributed by atoms with Crippen LogP contribution in [0.3, 0.4) is 0 Å². The molecule has 7 heteroatoms. The minimum absolute atomic E-state index is 0.105. The second-order valence-electron chi connectivity index (χ2n) is 2.09. The van der Waals surface area contributed by atoms with Gasteiger partial charge in [0.15, 0.2) is 0 Å². The number of hydrogen-bond acceptors (Lipinski definition) is 4. The molecule has 0 radical (unpaired) electrons. The van der Waals surface area contributed by atoms with Gasteiger partial charge in [0.2, 0.25) is 8.87 Å². The SMILES string of the molecule is O=S([O-])S(=O)(=O)c1ccccc1Cl. The molecule has 0 aliphatic heterocycles. The number of hydrogen-bond donors (Lipinski definition) is 0. The van der Waals surface area contributed by atoms with Gasteiger partial charge in [0.25, 0.3) is 0 Å². The first-order chi connectivity index (χ1) is 5.96. The van der Waals surface area contributed by atoms with Crippen LogP contribution in [0.25, 0.3) is 0 Å². The van der Waals surface area contributed by atoms with Crippen molar-refractivity contribution < 1.29 is 17.2 Å². The first kappa shape index (κ1) is 10.6. The molecule has 1 unspecified atom stereocenters. The van der Waals surface area contributed by atoms with Crippen LogP contribution >= 0.6 is 11.6 Å². The third kappa shape index (κ3) is 2.08. The zero-order valence-corrected chi connectivity index (χ0v) is 8.53. The minimum atomic E-state index is -4.32. The Morgan fingerprint density at radius 2 is 1.85 bits per heavy atom. The van der Waals surface area contributed by atoms with Crippen LogP contribution in [-0.4, -0.2) is 17.2 Å². The van der Waals surface area contributed by atoms with Crippen molar-refractivity contribution in [3.05, 3.63) is 29.3 Å². The predicted molar refractivity (Wildman–Crippen MR) is 47.6 cm³/mol. The van der Waals surface area contributed by atoms with Crippen molar-refractivity contribution in [1.29, 1.82) is 0 Å². The Kier molecular flexibility index (Phi) is 3.07. The van der Waals surface area contributed by atoms with Gasteiger partial charge in [-0.15, -0.1) is 0 Å². The molecule has 0 N–H and O–H groups in total. The summed E-state index contributed by atoms with van der Waals surface area (Å²) >= 11 is 5.50. The third-order valence-corrected chi connectivity index (χ3v) is 4.59. The smallest absolute Gasteiger partial charge is 0.246 e. The van der Waals surface area contributed by atoms with Crippen LogP contribution in [0.2, 0.25) is 5.02 Å². The molecule has 0 bridgehead atoms. The van der Waals surface area contributed by atoms with Gasteiger partial charge >= 0.3 is 0 Å². The van der Waals surface area contributed by atoms with Gasteiger partial charge in [0.05, 0.1) is 20.0 Å². The van der Waals surface area contributed by atoms with E-state index in [1.165, 1.54) is 18.2 Å². The summed E-state index contributed by atoms with van der Waals surface area (Å²) in [5.41, 5.74) is 0. The van der Waals surface area contributed by atoms with Crippen molar-refractivity contribution in [2.45, 2.75) is 4.90 Å². The molecule has 1 rings (SSSR count). The highest BCUT2D eigenvalue weighted by Gasteiger charge is 2.17. The van der Waals surface area contributed by atoms with E-state index in [0.29, 0.717) is 0 Å². The fourth-order valence-corrected chi connectivity index (χ4v) is 2.87. The summed E-state index contributed by atoms with van der Waals surface area (Å²) < 4.78 is 42.8.